The summed E-state index contributed by atoms with van der Waals surface area (Å²) in [5, 5.41) is 10.1. The molecule has 1 heterocycles. The molecule has 2 heteroatoms. The van der Waals surface area contributed by atoms with Gasteiger partial charge in [0, 0.05) is 33.2 Å². The fourth-order valence-electron chi connectivity index (χ4n) is 8.13. The van der Waals surface area contributed by atoms with Gasteiger partial charge in [0.2, 0.25) is 0 Å². The van der Waals surface area contributed by atoms with E-state index in [0.717, 1.165) is 6.42 Å². The van der Waals surface area contributed by atoms with Crippen LogP contribution in [-0.4, -0.2) is 10.6 Å². The van der Waals surface area contributed by atoms with E-state index < -0.39 is 0 Å². The van der Waals surface area contributed by atoms with Crippen LogP contribution in [0.1, 0.15) is 12.0 Å². The summed E-state index contributed by atoms with van der Waals surface area (Å²) in [4.78, 5) is 2.55. The first kappa shape index (κ1) is 28.6. The largest absolute Gasteiger partial charge is 0.334 e. The van der Waals surface area contributed by atoms with Gasteiger partial charge >= 0.3 is 0 Å². The fourth-order valence-corrected chi connectivity index (χ4v) is 8.13. The molecular weight excluding hydrogens is 605 g/mol. The maximum Gasteiger partial charge on any atom is 0.0566 e. The van der Waals surface area contributed by atoms with Crippen LogP contribution in [0.15, 0.2) is 188 Å². The van der Waals surface area contributed by atoms with Crippen LogP contribution in [0, 0.1) is 0 Å². The summed E-state index contributed by atoms with van der Waals surface area (Å²) < 4.78 is 2.43. The summed E-state index contributed by atoms with van der Waals surface area (Å²) in [6.07, 6.45) is 8.11. The zero-order valence-corrected chi connectivity index (χ0v) is 27.6. The van der Waals surface area contributed by atoms with Crippen LogP contribution in [0.3, 0.4) is 0 Å². The molecule has 0 spiro atoms. The molecule has 1 unspecified atom stereocenters. The van der Waals surface area contributed by atoms with Crippen LogP contribution in [0.25, 0.3) is 65.4 Å². The third kappa shape index (κ3) is 4.64. The van der Waals surface area contributed by atoms with Gasteiger partial charge in [-0.1, -0.05) is 140 Å². The molecule has 0 saturated heterocycles. The van der Waals surface area contributed by atoms with Crippen LogP contribution >= 0.6 is 0 Å². The molecule has 1 aromatic heterocycles. The molecule has 0 N–H and O–H groups in total. The minimum Gasteiger partial charge on any atom is -0.334 e. The third-order valence-electron chi connectivity index (χ3n) is 10.4. The van der Waals surface area contributed by atoms with Crippen molar-refractivity contribution in [1.82, 2.24) is 4.57 Å². The van der Waals surface area contributed by atoms with Crippen LogP contribution in [0.2, 0.25) is 0 Å². The first-order chi connectivity index (χ1) is 24.8. The quantitative estimate of drug-likeness (QED) is 0.182. The Balaban J connectivity index is 1.21. The molecule has 0 fully saturated rings. The maximum atomic E-state index is 2.55. The monoisotopic (exact) mass is 638 g/mol. The zero-order chi connectivity index (χ0) is 33.0. The van der Waals surface area contributed by atoms with E-state index in [2.05, 4.69) is 198 Å². The molecule has 9 aromatic rings. The predicted molar refractivity (Wildman–Crippen MR) is 214 cm³/mol. The molecule has 0 saturated carbocycles. The number of anilines is 2. The van der Waals surface area contributed by atoms with Crippen molar-refractivity contribution in [3.05, 3.63) is 194 Å². The number of allylic oxidation sites excluding steroid dienone is 2. The van der Waals surface area contributed by atoms with Crippen molar-refractivity contribution in [1.29, 1.82) is 0 Å². The minimum absolute atomic E-state index is 0.112. The van der Waals surface area contributed by atoms with Crippen molar-refractivity contribution in [2.24, 2.45) is 0 Å². The lowest BCUT2D eigenvalue weighted by atomic mass is 9.91. The van der Waals surface area contributed by atoms with Gasteiger partial charge in [-0.2, -0.15) is 0 Å². The van der Waals surface area contributed by atoms with Gasteiger partial charge in [0.25, 0.3) is 0 Å². The van der Waals surface area contributed by atoms with E-state index in [1.54, 1.807) is 0 Å². The summed E-state index contributed by atoms with van der Waals surface area (Å²) in [7, 11) is 0. The van der Waals surface area contributed by atoms with Gasteiger partial charge < -0.3 is 9.47 Å². The summed E-state index contributed by atoms with van der Waals surface area (Å²) in [5.41, 5.74) is 8.54. The van der Waals surface area contributed by atoms with Crippen LogP contribution in [0.5, 0.6) is 0 Å². The van der Waals surface area contributed by atoms with E-state index in [9.17, 15) is 0 Å². The first-order valence-corrected chi connectivity index (χ1v) is 17.5. The number of rotatable bonds is 5. The van der Waals surface area contributed by atoms with Gasteiger partial charge in [-0.15, -0.1) is 0 Å². The molecule has 8 aromatic carbocycles. The Kier molecular flexibility index (Phi) is 6.67. The van der Waals surface area contributed by atoms with Gasteiger partial charge in [-0.05, 0) is 93.0 Å². The maximum absolute atomic E-state index is 2.55. The zero-order valence-electron chi connectivity index (χ0n) is 27.6. The molecule has 1 atom stereocenters. The molecule has 2 nitrogen and oxygen atoms in total. The second kappa shape index (κ2) is 11.6. The number of nitrogens with zero attached hydrogens (tertiary/aromatic N) is 2. The van der Waals surface area contributed by atoms with E-state index in [4.69, 9.17) is 0 Å². The molecule has 236 valence electrons. The van der Waals surface area contributed by atoms with E-state index in [-0.39, 0.29) is 6.04 Å². The summed E-state index contributed by atoms with van der Waals surface area (Å²) in [6.45, 7) is 0. The lowest BCUT2D eigenvalue weighted by Crippen LogP contribution is -2.30. The van der Waals surface area contributed by atoms with E-state index in [0.29, 0.717) is 0 Å². The number of hydrogen-bond acceptors (Lipinski definition) is 1. The summed E-state index contributed by atoms with van der Waals surface area (Å²) >= 11 is 0. The van der Waals surface area contributed by atoms with E-state index in [1.807, 2.05) is 0 Å². The van der Waals surface area contributed by atoms with Crippen LogP contribution in [-0.2, 0) is 0 Å². The van der Waals surface area contributed by atoms with Crippen molar-refractivity contribution < 1.29 is 0 Å². The molecular formula is C48H34N2. The first-order valence-electron chi connectivity index (χ1n) is 17.5. The predicted octanol–water partition coefficient (Wildman–Crippen LogP) is 12.8. The molecule has 50 heavy (non-hydrogen) atoms. The number of para-hydroxylation sites is 1. The highest BCUT2D eigenvalue weighted by Crippen LogP contribution is 2.42. The standard InChI is InChI=1S/C48H34N2/c1-2-20-39(21-3-1)50-46-26-12-24-43(48(46)44-31-36-16-6-7-17-37(36)32-47(44)50)38-19-10-22-40(30-38)49(41-28-27-33-13-4-5-15-35(33)29-41)45-25-11-18-34-14-8-9-23-42(34)45/h1-21,23-32,40H,22H2. The Labute approximate surface area is 291 Å². The lowest BCUT2D eigenvalue weighted by Gasteiger charge is -2.34. The molecule has 1 aliphatic rings. The highest BCUT2D eigenvalue weighted by atomic mass is 15.2. The molecule has 1 aliphatic carbocycles. The normalized spacial score (nSPS) is 14.6. The average Bonchev–Trinajstić information content (AvgIpc) is 3.51. The number of aromatic nitrogens is 1. The van der Waals surface area contributed by atoms with Crippen molar-refractivity contribution in [2.75, 3.05) is 4.90 Å². The smallest absolute Gasteiger partial charge is 0.0566 e. The molecule has 0 bridgehead atoms. The second-order valence-corrected chi connectivity index (χ2v) is 13.3. The lowest BCUT2D eigenvalue weighted by molar-refractivity contribution is 0.790. The number of fused-ring (bicyclic) bond motifs is 6. The SMILES string of the molecule is C1=CC(c2cccc3c2c2cc4ccccc4cc2n3-c2ccccc2)=CC(N(c2ccc3ccccc3c2)c2cccc3ccccc23)C1. The molecule has 10 rings (SSSR count). The Morgan fingerprint density at radius 3 is 2.02 bits per heavy atom. The van der Waals surface area contributed by atoms with Gasteiger partial charge in [0.1, 0.15) is 0 Å². The third-order valence-corrected chi connectivity index (χ3v) is 10.4. The topological polar surface area (TPSA) is 8.17 Å². The van der Waals surface area contributed by atoms with Crippen LogP contribution in [0.4, 0.5) is 11.4 Å². The van der Waals surface area contributed by atoms with Gasteiger partial charge in [0.05, 0.1) is 17.1 Å². The number of hydrogen-bond donors (Lipinski definition) is 0. The highest BCUT2D eigenvalue weighted by Gasteiger charge is 2.25. The van der Waals surface area contributed by atoms with Gasteiger partial charge in [-0.3, -0.25) is 0 Å². The van der Waals surface area contributed by atoms with Crippen molar-refractivity contribution in [2.45, 2.75) is 12.5 Å². The Morgan fingerprint density at radius 1 is 0.500 bits per heavy atom. The van der Waals surface area contributed by atoms with E-state index >= 15 is 0 Å². The Bertz CT molecular complexity index is 2800. The Morgan fingerprint density at radius 2 is 1.18 bits per heavy atom. The summed E-state index contributed by atoms with van der Waals surface area (Å²) in [5.74, 6) is 0. The summed E-state index contributed by atoms with van der Waals surface area (Å²) in [6, 6.07) is 62.1. The van der Waals surface area contributed by atoms with Crippen molar-refractivity contribution >= 4 is 71.1 Å². The Hall–Kier alpha value is -6.38. The van der Waals surface area contributed by atoms with E-state index in [1.165, 1.54) is 82.3 Å². The molecule has 0 amide bonds. The second-order valence-electron chi connectivity index (χ2n) is 13.3. The molecule has 0 aliphatic heterocycles. The van der Waals surface area contributed by atoms with Crippen LogP contribution < -0.4 is 4.90 Å². The average molecular weight is 639 g/mol. The van der Waals surface area contributed by atoms with Gasteiger partial charge in [0.15, 0.2) is 0 Å². The van der Waals surface area contributed by atoms with Crippen molar-refractivity contribution in [3.63, 3.8) is 0 Å². The number of benzene rings is 8. The minimum atomic E-state index is 0.112. The molecule has 0 radical (unpaired) electrons. The fraction of sp³-hybridized carbons (Fsp3) is 0.0417. The van der Waals surface area contributed by atoms with Gasteiger partial charge in [-0.25, -0.2) is 0 Å². The highest BCUT2D eigenvalue weighted by molar-refractivity contribution is 6.17. The van der Waals surface area contributed by atoms with Crippen molar-refractivity contribution in [3.8, 4) is 5.69 Å².